The highest BCUT2D eigenvalue weighted by molar-refractivity contribution is 7.08. The summed E-state index contributed by atoms with van der Waals surface area (Å²) in [6.45, 7) is 4.68. The van der Waals surface area contributed by atoms with Crippen molar-refractivity contribution in [2.24, 2.45) is 5.92 Å². The van der Waals surface area contributed by atoms with Crippen LogP contribution in [-0.2, 0) is 4.79 Å². The van der Waals surface area contributed by atoms with Crippen molar-refractivity contribution in [3.8, 4) is 0 Å². The SMILES string of the molecule is CC(C)c1nnsc1C(=O)N1CCC(C(=O)O)C1. The molecule has 7 heteroatoms. The van der Waals surface area contributed by atoms with E-state index in [1.807, 2.05) is 13.8 Å². The molecule has 0 saturated carbocycles. The van der Waals surface area contributed by atoms with Crippen molar-refractivity contribution in [1.29, 1.82) is 0 Å². The van der Waals surface area contributed by atoms with Gasteiger partial charge in [-0.25, -0.2) is 0 Å². The Labute approximate surface area is 109 Å². The summed E-state index contributed by atoms with van der Waals surface area (Å²) in [4.78, 5) is 25.3. The lowest BCUT2D eigenvalue weighted by Crippen LogP contribution is -2.30. The predicted octanol–water partition coefficient (Wildman–Crippen LogP) is 1.21. The lowest BCUT2D eigenvalue weighted by Gasteiger charge is -2.15. The summed E-state index contributed by atoms with van der Waals surface area (Å²) in [6.07, 6.45) is 0.518. The number of carbonyl (C=O) groups excluding carboxylic acids is 1. The van der Waals surface area contributed by atoms with Crippen molar-refractivity contribution in [3.63, 3.8) is 0 Å². The van der Waals surface area contributed by atoms with Crippen molar-refractivity contribution in [2.75, 3.05) is 13.1 Å². The number of rotatable bonds is 3. The van der Waals surface area contributed by atoms with Gasteiger partial charge in [0.05, 0.1) is 11.6 Å². The molecule has 2 heterocycles. The summed E-state index contributed by atoms with van der Waals surface area (Å²) in [7, 11) is 0. The third-order valence-corrected chi connectivity index (χ3v) is 3.81. The summed E-state index contributed by atoms with van der Waals surface area (Å²) in [6, 6.07) is 0. The lowest BCUT2D eigenvalue weighted by molar-refractivity contribution is -0.141. The third-order valence-electron chi connectivity index (χ3n) is 3.08. The Morgan fingerprint density at radius 1 is 1.50 bits per heavy atom. The van der Waals surface area contributed by atoms with Crippen molar-refractivity contribution in [3.05, 3.63) is 10.6 Å². The van der Waals surface area contributed by atoms with Crippen LogP contribution in [0.15, 0.2) is 0 Å². The maximum Gasteiger partial charge on any atom is 0.308 e. The first-order valence-electron chi connectivity index (χ1n) is 5.85. The summed E-state index contributed by atoms with van der Waals surface area (Å²) < 4.78 is 3.82. The fourth-order valence-electron chi connectivity index (χ4n) is 2.01. The zero-order valence-electron chi connectivity index (χ0n) is 10.3. The molecule has 6 nitrogen and oxygen atoms in total. The van der Waals surface area contributed by atoms with Crippen LogP contribution in [0, 0.1) is 5.92 Å². The number of hydrogen-bond donors (Lipinski definition) is 1. The van der Waals surface area contributed by atoms with Gasteiger partial charge in [0.2, 0.25) is 0 Å². The molecule has 1 aromatic rings. The Kier molecular flexibility index (Phi) is 3.60. The maximum absolute atomic E-state index is 12.3. The molecule has 0 radical (unpaired) electrons. The zero-order valence-corrected chi connectivity index (χ0v) is 11.1. The number of likely N-dealkylation sites (tertiary alicyclic amines) is 1. The molecule has 0 spiro atoms. The number of aliphatic carboxylic acids is 1. The van der Waals surface area contributed by atoms with Gasteiger partial charge in [-0.2, -0.15) is 0 Å². The number of carboxylic acids is 1. The summed E-state index contributed by atoms with van der Waals surface area (Å²) in [5.74, 6) is -1.29. The number of hydrogen-bond acceptors (Lipinski definition) is 5. The first-order valence-corrected chi connectivity index (χ1v) is 6.62. The highest BCUT2D eigenvalue weighted by Crippen LogP contribution is 2.24. The van der Waals surface area contributed by atoms with Gasteiger partial charge >= 0.3 is 5.97 Å². The van der Waals surface area contributed by atoms with E-state index in [0.717, 1.165) is 11.5 Å². The van der Waals surface area contributed by atoms with Crippen LogP contribution in [0.5, 0.6) is 0 Å². The molecule has 0 aliphatic carbocycles. The van der Waals surface area contributed by atoms with E-state index in [1.54, 1.807) is 4.90 Å². The standard InChI is InChI=1S/C11H15N3O3S/c1-6(2)8-9(18-13-12-8)10(15)14-4-3-7(5-14)11(16)17/h6-7H,3-5H2,1-2H3,(H,16,17). The molecule has 1 atom stereocenters. The molecule has 1 N–H and O–H groups in total. The topological polar surface area (TPSA) is 83.4 Å². The summed E-state index contributed by atoms with van der Waals surface area (Å²) in [5.41, 5.74) is 0.698. The van der Waals surface area contributed by atoms with E-state index in [2.05, 4.69) is 9.59 Å². The highest BCUT2D eigenvalue weighted by atomic mass is 32.1. The van der Waals surface area contributed by atoms with Gasteiger partial charge in [-0.05, 0) is 23.9 Å². The van der Waals surface area contributed by atoms with E-state index < -0.39 is 11.9 Å². The Morgan fingerprint density at radius 2 is 2.22 bits per heavy atom. The van der Waals surface area contributed by atoms with E-state index in [4.69, 9.17) is 5.11 Å². The van der Waals surface area contributed by atoms with Crippen molar-refractivity contribution >= 4 is 23.4 Å². The fourth-order valence-corrected chi connectivity index (χ4v) is 2.80. The largest absolute Gasteiger partial charge is 0.481 e. The molecule has 1 unspecified atom stereocenters. The Hall–Kier alpha value is -1.50. The molecule has 1 fully saturated rings. The lowest BCUT2D eigenvalue weighted by atomic mass is 10.1. The third kappa shape index (κ3) is 2.35. The highest BCUT2D eigenvalue weighted by Gasteiger charge is 2.33. The van der Waals surface area contributed by atoms with Crippen LogP contribution in [0.1, 0.15) is 41.6 Å². The minimum Gasteiger partial charge on any atom is -0.481 e. The fraction of sp³-hybridized carbons (Fsp3) is 0.636. The second kappa shape index (κ2) is 5.01. The molecular weight excluding hydrogens is 254 g/mol. The van der Waals surface area contributed by atoms with Gasteiger partial charge in [-0.15, -0.1) is 5.10 Å². The average Bonchev–Trinajstić information content (AvgIpc) is 2.97. The normalized spacial score (nSPS) is 19.5. The van der Waals surface area contributed by atoms with Gasteiger partial charge in [0.25, 0.3) is 5.91 Å². The molecule has 1 aromatic heterocycles. The summed E-state index contributed by atoms with van der Waals surface area (Å²) >= 11 is 1.08. The van der Waals surface area contributed by atoms with E-state index in [1.165, 1.54) is 0 Å². The minimum atomic E-state index is -0.836. The Bertz CT molecular complexity index is 472. The van der Waals surface area contributed by atoms with E-state index in [-0.39, 0.29) is 18.4 Å². The molecule has 18 heavy (non-hydrogen) atoms. The quantitative estimate of drug-likeness (QED) is 0.891. The molecule has 1 amide bonds. The smallest absolute Gasteiger partial charge is 0.308 e. The first-order chi connectivity index (χ1) is 8.50. The van der Waals surface area contributed by atoms with Crippen LogP contribution in [0.4, 0.5) is 0 Å². The second-order valence-corrected chi connectivity index (χ2v) is 5.47. The van der Waals surface area contributed by atoms with Crippen LogP contribution in [0.2, 0.25) is 0 Å². The van der Waals surface area contributed by atoms with Crippen LogP contribution in [0.3, 0.4) is 0 Å². The predicted molar refractivity (Wildman–Crippen MR) is 65.6 cm³/mol. The molecule has 2 rings (SSSR count). The summed E-state index contributed by atoms with van der Waals surface area (Å²) in [5, 5.41) is 12.9. The van der Waals surface area contributed by atoms with Gasteiger partial charge in [-0.3, -0.25) is 9.59 Å². The monoisotopic (exact) mass is 269 g/mol. The zero-order chi connectivity index (χ0) is 13.3. The van der Waals surface area contributed by atoms with Crippen molar-refractivity contribution in [2.45, 2.75) is 26.2 Å². The van der Waals surface area contributed by atoms with E-state index in [9.17, 15) is 9.59 Å². The average molecular weight is 269 g/mol. The molecule has 0 aromatic carbocycles. The van der Waals surface area contributed by atoms with Crippen LogP contribution < -0.4 is 0 Å². The number of aromatic nitrogens is 2. The Morgan fingerprint density at radius 3 is 2.78 bits per heavy atom. The minimum absolute atomic E-state index is 0.139. The van der Waals surface area contributed by atoms with Gasteiger partial charge in [0, 0.05) is 13.1 Å². The maximum atomic E-state index is 12.3. The van der Waals surface area contributed by atoms with E-state index in [0.29, 0.717) is 23.5 Å². The molecule has 98 valence electrons. The number of nitrogens with zero attached hydrogens (tertiary/aromatic N) is 3. The number of carboxylic acid groups (broad SMARTS) is 1. The molecule has 1 saturated heterocycles. The molecular formula is C11H15N3O3S. The van der Waals surface area contributed by atoms with Crippen molar-refractivity contribution in [1.82, 2.24) is 14.5 Å². The van der Waals surface area contributed by atoms with Gasteiger partial charge in [0.1, 0.15) is 4.88 Å². The number of carbonyl (C=O) groups is 2. The molecule has 1 aliphatic rings. The second-order valence-electron chi connectivity index (χ2n) is 4.72. The van der Waals surface area contributed by atoms with Gasteiger partial charge in [0.15, 0.2) is 0 Å². The first kappa shape index (κ1) is 12.9. The van der Waals surface area contributed by atoms with E-state index >= 15 is 0 Å². The van der Waals surface area contributed by atoms with Crippen molar-refractivity contribution < 1.29 is 14.7 Å². The van der Waals surface area contributed by atoms with Crippen LogP contribution in [-0.4, -0.2) is 44.6 Å². The van der Waals surface area contributed by atoms with Gasteiger partial charge in [-0.1, -0.05) is 18.3 Å². The Balaban J connectivity index is 2.13. The number of amides is 1. The molecule has 0 bridgehead atoms. The van der Waals surface area contributed by atoms with Crippen LogP contribution >= 0.6 is 11.5 Å². The van der Waals surface area contributed by atoms with Crippen LogP contribution in [0.25, 0.3) is 0 Å². The van der Waals surface area contributed by atoms with Gasteiger partial charge < -0.3 is 10.0 Å². The molecule has 1 aliphatic heterocycles.